The van der Waals surface area contributed by atoms with E-state index in [-0.39, 0.29) is 0 Å². The Labute approximate surface area is 95.0 Å². The molecular formula is C12H15ClS. The molecule has 1 aliphatic rings. The van der Waals surface area contributed by atoms with Crippen LogP contribution in [0.25, 0.3) is 0 Å². The molecule has 1 aromatic rings. The Morgan fingerprint density at radius 3 is 3.00 bits per heavy atom. The third-order valence-corrected chi connectivity index (χ3v) is 4.25. The first-order valence-corrected chi connectivity index (χ1v) is 6.71. The number of hydrogen-bond donors (Lipinski definition) is 0. The number of fused-ring (bicyclic) bond motifs is 1. The molecule has 0 saturated carbocycles. The summed E-state index contributed by atoms with van der Waals surface area (Å²) in [6, 6.07) is 8.80. The fourth-order valence-corrected chi connectivity index (χ4v) is 3.45. The predicted octanol–water partition coefficient (Wildman–Crippen LogP) is 4.29. The zero-order valence-corrected chi connectivity index (χ0v) is 9.78. The van der Waals surface area contributed by atoms with Gasteiger partial charge in [-0.1, -0.05) is 24.6 Å². The van der Waals surface area contributed by atoms with E-state index in [0.717, 1.165) is 18.2 Å². The van der Waals surface area contributed by atoms with Crippen molar-refractivity contribution >= 4 is 23.4 Å². The Balaban J connectivity index is 1.96. The van der Waals surface area contributed by atoms with Gasteiger partial charge < -0.3 is 0 Å². The molecule has 2 heteroatoms. The molecule has 0 aliphatic carbocycles. The van der Waals surface area contributed by atoms with Crippen LogP contribution >= 0.6 is 23.4 Å². The van der Waals surface area contributed by atoms with Gasteiger partial charge in [-0.2, -0.15) is 0 Å². The molecule has 14 heavy (non-hydrogen) atoms. The van der Waals surface area contributed by atoms with E-state index in [2.05, 4.69) is 24.3 Å². The van der Waals surface area contributed by atoms with Crippen LogP contribution in [0.5, 0.6) is 0 Å². The lowest BCUT2D eigenvalue weighted by Crippen LogP contribution is -1.96. The highest BCUT2D eigenvalue weighted by molar-refractivity contribution is 7.99. The van der Waals surface area contributed by atoms with Crippen LogP contribution in [0.2, 0.25) is 0 Å². The third kappa shape index (κ3) is 2.26. The molecule has 0 radical (unpaired) electrons. The van der Waals surface area contributed by atoms with Crippen molar-refractivity contribution < 1.29 is 0 Å². The van der Waals surface area contributed by atoms with Crippen molar-refractivity contribution in [2.45, 2.75) is 30.1 Å². The normalized spacial score (nSPS) is 19.6. The number of halogens is 1. The van der Waals surface area contributed by atoms with Crippen LogP contribution in [0, 0.1) is 0 Å². The lowest BCUT2D eigenvalue weighted by molar-refractivity contribution is 0.634. The molecule has 0 nitrogen and oxygen atoms in total. The molecule has 2 rings (SSSR count). The highest BCUT2D eigenvalue weighted by Gasteiger charge is 2.21. The lowest BCUT2D eigenvalue weighted by Gasteiger charge is -2.09. The number of benzene rings is 1. The summed E-state index contributed by atoms with van der Waals surface area (Å²) in [5.74, 6) is 2.85. The van der Waals surface area contributed by atoms with Crippen LogP contribution in [0.3, 0.4) is 0 Å². The van der Waals surface area contributed by atoms with Crippen molar-refractivity contribution in [2.24, 2.45) is 0 Å². The summed E-state index contributed by atoms with van der Waals surface area (Å²) < 4.78 is 0. The second kappa shape index (κ2) is 5.09. The SMILES string of the molecule is ClCCCCC1CSc2ccccc21. The van der Waals surface area contributed by atoms with Crippen LogP contribution in [-0.2, 0) is 0 Å². The molecular weight excluding hydrogens is 212 g/mol. The van der Waals surface area contributed by atoms with Crippen LogP contribution in [0.1, 0.15) is 30.7 Å². The number of thioether (sulfide) groups is 1. The zero-order chi connectivity index (χ0) is 9.80. The summed E-state index contributed by atoms with van der Waals surface area (Å²) >= 11 is 7.68. The van der Waals surface area contributed by atoms with Gasteiger partial charge in [0.2, 0.25) is 0 Å². The summed E-state index contributed by atoms with van der Waals surface area (Å²) in [4.78, 5) is 1.49. The average molecular weight is 227 g/mol. The maximum absolute atomic E-state index is 5.68. The fourth-order valence-electron chi connectivity index (χ4n) is 1.95. The third-order valence-electron chi connectivity index (χ3n) is 2.74. The predicted molar refractivity (Wildman–Crippen MR) is 64.5 cm³/mol. The summed E-state index contributed by atoms with van der Waals surface area (Å²) in [6.07, 6.45) is 3.73. The summed E-state index contributed by atoms with van der Waals surface area (Å²) in [5, 5.41) is 0. The van der Waals surface area contributed by atoms with Crippen molar-refractivity contribution in [2.75, 3.05) is 11.6 Å². The van der Waals surface area contributed by atoms with Gasteiger partial charge in [-0.05, 0) is 30.4 Å². The van der Waals surface area contributed by atoms with Gasteiger partial charge >= 0.3 is 0 Å². The van der Waals surface area contributed by atoms with Gasteiger partial charge in [0.25, 0.3) is 0 Å². The summed E-state index contributed by atoms with van der Waals surface area (Å²) in [5.41, 5.74) is 1.56. The minimum absolute atomic E-state index is 0.777. The van der Waals surface area contributed by atoms with E-state index in [1.54, 1.807) is 5.56 Å². The molecule has 1 aliphatic heterocycles. The minimum Gasteiger partial charge on any atom is -0.127 e. The van der Waals surface area contributed by atoms with Crippen molar-refractivity contribution in [1.29, 1.82) is 0 Å². The van der Waals surface area contributed by atoms with Gasteiger partial charge in [-0.25, -0.2) is 0 Å². The quantitative estimate of drug-likeness (QED) is 0.546. The first-order chi connectivity index (χ1) is 6.92. The highest BCUT2D eigenvalue weighted by atomic mass is 35.5. The Hall–Kier alpha value is -0.140. The van der Waals surface area contributed by atoms with Crippen LogP contribution in [0.4, 0.5) is 0 Å². The molecule has 0 spiro atoms. The van der Waals surface area contributed by atoms with Gasteiger partial charge in [0.05, 0.1) is 0 Å². The van der Waals surface area contributed by atoms with E-state index in [4.69, 9.17) is 11.6 Å². The van der Waals surface area contributed by atoms with Crippen LogP contribution in [0.15, 0.2) is 29.2 Å². The van der Waals surface area contributed by atoms with Crippen molar-refractivity contribution in [1.82, 2.24) is 0 Å². The smallest absolute Gasteiger partial charge is 0.0223 e. The minimum atomic E-state index is 0.777. The largest absolute Gasteiger partial charge is 0.127 e. The molecule has 0 bridgehead atoms. The highest BCUT2D eigenvalue weighted by Crippen LogP contribution is 2.41. The fraction of sp³-hybridized carbons (Fsp3) is 0.500. The number of rotatable bonds is 4. The molecule has 1 atom stereocenters. The van der Waals surface area contributed by atoms with Gasteiger partial charge in [0, 0.05) is 16.5 Å². The monoisotopic (exact) mass is 226 g/mol. The molecule has 1 heterocycles. The van der Waals surface area contributed by atoms with Crippen LogP contribution < -0.4 is 0 Å². The average Bonchev–Trinajstić information content (AvgIpc) is 2.63. The molecule has 0 N–H and O–H groups in total. The lowest BCUT2D eigenvalue weighted by atomic mass is 9.96. The number of unbranched alkanes of at least 4 members (excludes halogenated alkanes) is 1. The summed E-state index contributed by atoms with van der Waals surface area (Å²) in [7, 11) is 0. The summed E-state index contributed by atoms with van der Waals surface area (Å²) in [6.45, 7) is 0. The number of hydrogen-bond acceptors (Lipinski definition) is 1. The second-order valence-corrected chi connectivity index (χ2v) is 5.17. The van der Waals surface area contributed by atoms with Gasteiger partial charge in [-0.15, -0.1) is 23.4 Å². The Bertz CT molecular complexity index is 298. The molecule has 76 valence electrons. The molecule has 1 aromatic carbocycles. The number of alkyl halides is 1. The molecule has 0 saturated heterocycles. The van der Waals surface area contributed by atoms with Gasteiger partial charge in [0.1, 0.15) is 0 Å². The van der Waals surface area contributed by atoms with E-state index in [1.807, 2.05) is 11.8 Å². The topological polar surface area (TPSA) is 0 Å². The van der Waals surface area contributed by atoms with E-state index in [1.165, 1.54) is 23.5 Å². The van der Waals surface area contributed by atoms with E-state index in [0.29, 0.717) is 0 Å². The Morgan fingerprint density at radius 1 is 1.29 bits per heavy atom. The van der Waals surface area contributed by atoms with Gasteiger partial charge in [0.15, 0.2) is 0 Å². The van der Waals surface area contributed by atoms with Crippen molar-refractivity contribution in [3.8, 4) is 0 Å². The van der Waals surface area contributed by atoms with Crippen LogP contribution in [-0.4, -0.2) is 11.6 Å². The van der Waals surface area contributed by atoms with E-state index < -0.39 is 0 Å². The molecule has 0 amide bonds. The zero-order valence-electron chi connectivity index (χ0n) is 8.21. The standard InChI is InChI=1S/C12H15ClS/c13-8-4-3-5-10-9-14-12-7-2-1-6-11(10)12/h1-2,6-7,10H,3-5,8-9H2. The van der Waals surface area contributed by atoms with E-state index >= 15 is 0 Å². The Kier molecular flexibility index (Phi) is 3.77. The second-order valence-electron chi connectivity index (χ2n) is 3.73. The molecule has 1 unspecified atom stereocenters. The molecule has 0 aromatic heterocycles. The first-order valence-electron chi connectivity index (χ1n) is 5.19. The van der Waals surface area contributed by atoms with Crippen molar-refractivity contribution in [3.05, 3.63) is 29.8 Å². The van der Waals surface area contributed by atoms with Crippen molar-refractivity contribution in [3.63, 3.8) is 0 Å². The Morgan fingerprint density at radius 2 is 2.14 bits per heavy atom. The van der Waals surface area contributed by atoms with Gasteiger partial charge in [-0.3, -0.25) is 0 Å². The first kappa shape index (κ1) is 10.4. The maximum atomic E-state index is 5.68. The molecule has 0 fully saturated rings. The maximum Gasteiger partial charge on any atom is 0.0223 e. The van der Waals surface area contributed by atoms with E-state index in [9.17, 15) is 0 Å².